The fourth-order valence-electron chi connectivity index (χ4n) is 4.37. The molecule has 9 heteroatoms. The van der Waals surface area contributed by atoms with Crippen molar-refractivity contribution in [3.63, 3.8) is 0 Å². The van der Waals surface area contributed by atoms with Gasteiger partial charge in [-0.05, 0) is 25.5 Å². The SMILES string of the molecule is CCNC(=NCC(c1cccc(C)c1)N1CCOCC1)N1CCN(c2ncccn2)CC1.I. The van der Waals surface area contributed by atoms with Gasteiger partial charge in [-0.1, -0.05) is 29.8 Å². The second-order valence-electron chi connectivity index (χ2n) is 8.30. The summed E-state index contributed by atoms with van der Waals surface area (Å²) in [6, 6.07) is 10.9. The van der Waals surface area contributed by atoms with Crippen molar-refractivity contribution in [2.24, 2.45) is 4.99 Å². The van der Waals surface area contributed by atoms with Crippen LogP contribution in [0.5, 0.6) is 0 Å². The van der Waals surface area contributed by atoms with Gasteiger partial charge in [0.15, 0.2) is 5.96 Å². The highest BCUT2D eigenvalue weighted by Gasteiger charge is 2.25. The number of rotatable bonds is 6. The molecule has 2 fully saturated rings. The summed E-state index contributed by atoms with van der Waals surface area (Å²) in [5.74, 6) is 1.80. The number of aliphatic imine (C=N–C) groups is 1. The van der Waals surface area contributed by atoms with Crippen LogP contribution in [0.3, 0.4) is 0 Å². The Morgan fingerprint density at radius 3 is 2.45 bits per heavy atom. The zero-order valence-corrected chi connectivity index (χ0v) is 22.0. The van der Waals surface area contributed by atoms with Gasteiger partial charge in [0.25, 0.3) is 0 Å². The maximum atomic E-state index is 5.60. The van der Waals surface area contributed by atoms with Crippen LogP contribution >= 0.6 is 24.0 Å². The van der Waals surface area contributed by atoms with Crippen LogP contribution in [0.2, 0.25) is 0 Å². The van der Waals surface area contributed by atoms with E-state index in [9.17, 15) is 0 Å². The van der Waals surface area contributed by atoms with E-state index < -0.39 is 0 Å². The molecule has 0 saturated carbocycles. The van der Waals surface area contributed by atoms with E-state index in [1.165, 1.54) is 11.1 Å². The molecule has 1 aromatic carbocycles. The lowest BCUT2D eigenvalue weighted by Crippen LogP contribution is -2.53. The van der Waals surface area contributed by atoms with Crippen molar-refractivity contribution in [3.05, 3.63) is 53.9 Å². The van der Waals surface area contributed by atoms with Gasteiger partial charge in [0, 0.05) is 58.2 Å². The summed E-state index contributed by atoms with van der Waals surface area (Å²) in [6.07, 6.45) is 3.61. The number of nitrogens with one attached hydrogen (secondary N) is 1. The van der Waals surface area contributed by atoms with Crippen LogP contribution in [0.1, 0.15) is 24.1 Å². The van der Waals surface area contributed by atoms with Crippen LogP contribution in [-0.2, 0) is 4.74 Å². The molecule has 4 rings (SSSR count). The molecule has 0 radical (unpaired) electrons. The van der Waals surface area contributed by atoms with Gasteiger partial charge >= 0.3 is 0 Å². The van der Waals surface area contributed by atoms with E-state index in [4.69, 9.17) is 9.73 Å². The lowest BCUT2D eigenvalue weighted by atomic mass is 10.0. The molecule has 1 atom stereocenters. The third kappa shape index (κ3) is 7.00. The van der Waals surface area contributed by atoms with Gasteiger partial charge in [0.2, 0.25) is 5.95 Å². The average molecular weight is 566 g/mol. The first-order chi connectivity index (χ1) is 15.7. The van der Waals surface area contributed by atoms with E-state index in [2.05, 4.69) is 68.1 Å². The Balaban J connectivity index is 0.00000306. The molecule has 2 saturated heterocycles. The molecule has 0 bridgehead atoms. The van der Waals surface area contributed by atoms with Crippen molar-refractivity contribution in [1.29, 1.82) is 0 Å². The van der Waals surface area contributed by atoms with E-state index in [1.54, 1.807) is 12.4 Å². The van der Waals surface area contributed by atoms with Crippen molar-refractivity contribution < 1.29 is 4.74 Å². The normalized spacial score (nSPS) is 18.5. The molecule has 0 spiro atoms. The molecule has 8 nitrogen and oxygen atoms in total. The molecule has 2 aliphatic heterocycles. The highest BCUT2D eigenvalue weighted by Crippen LogP contribution is 2.23. The first-order valence-corrected chi connectivity index (χ1v) is 11.7. The summed E-state index contributed by atoms with van der Waals surface area (Å²) in [7, 11) is 0. The zero-order valence-electron chi connectivity index (χ0n) is 19.7. The van der Waals surface area contributed by atoms with Crippen molar-refractivity contribution in [1.82, 2.24) is 25.1 Å². The van der Waals surface area contributed by atoms with Crippen LogP contribution < -0.4 is 10.2 Å². The molecule has 1 aromatic heterocycles. The van der Waals surface area contributed by atoms with E-state index in [0.717, 1.165) is 77.5 Å². The summed E-state index contributed by atoms with van der Waals surface area (Å²) in [4.78, 5) is 21.0. The van der Waals surface area contributed by atoms with E-state index in [1.807, 2.05) is 6.07 Å². The van der Waals surface area contributed by atoms with Crippen molar-refractivity contribution in [2.75, 3.05) is 70.5 Å². The Kier molecular flexibility index (Phi) is 10.1. The van der Waals surface area contributed by atoms with Crippen LogP contribution in [0.15, 0.2) is 47.7 Å². The minimum Gasteiger partial charge on any atom is -0.379 e. The topological polar surface area (TPSA) is 69.1 Å². The van der Waals surface area contributed by atoms with Crippen LogP contribution in [-0.4, -0.2) is 91.3 Å². The van der Waals surface area contributed by atoms with Crippen LogP contribution in [0, 0.1) is 6.92 Å². The number of anilines is 1. The maximum absolute atomic E-state index is 5.60. The largest absolute Gasteiger partial charge is 0.379 e. The molecular weight excluding hydrogens is 529 g/mol. The molecule has 33 heavy (non-hydrogen) atoms. The number of piperazine rings is 1. The quantitative estimate of drug-likeness (QED) is 0.328. The Morgan fingerprint density at radius 1 is 1.06 bits per heavy atom. The van der Waals surface area contributed by atoms with Crippen LogP contribution in [0.25, 0.3) is 0 Å². The summed E-state index contributed by atoms with van der Waals surface area (Å²) in [5.41, 5.74) is 2.62. The number of benzene rings is 1. The summed E-state index contributed by atoms with van der Waals surface area (Å²) >= 11 is 0. The van der Waals surface area contributed by atoms with Gasteiger partial charge < -0.3 is 19.9 Å². The highest BCUT2D eigenvalue weighted by atomic mass is 127. The van der Waals surface area contributed by atoms with Gasteiger partial charge in [0.05, 0.1) is 25.8 Å². The Hall–Kier alpha value is -1.98. The molecule has 1 unspecified atom stereocenters. The summed E-state index contributed by atoms with van der Waals surface area (Å²) in [5, 5.41) is 3.51. The Labute approximate surface area is 214 Å². The smallest absolute Gasteiger partial charge is 0.225 e. The lowest BCUT2D eigenvalue weighted by molar-refractivity contribution is 0.0179. The van der Waals surface area contributed by atoms with E-state index >= 15 is 0 Å². The monoisotopic (exact) mass is 565 g/mol. The number of morpholine rings is 1. The number of ether oxygens (including phenoxy) is 1. The maximum Gasteiger partial charge on any atom is 0.225 e. The van der Waals surface area contributed by atoms with Gasteiger partial charge in [-0.15, -0.1) is 24.0 Å². The minimum absolute atomic E-state index is 0. The van der Waals surface area contributed by atoms with Gasteiger partial charge in [0.1, 0.15) is 0 Å². The fourth-order valence-corrected chi connectivity index (χ4v) is 4.37. The van der Waals surface area contributed by atoms with Gasteiger partial charge in [-0.25, -0.2) is 9.97 Å². The predicted molar refractivity (Wildman–Crippen MR) is 144 cm³/mol. The van der Waals surface area contributed by atoms with E-state index in [-0.39, 0.29) is 30.0 Å². The first kappa shape index (κ1) is 25.6. The first-order valence-electron chi connectivity index (χ1n) is 11.7. The van der Waals surface area contributed by atoms with Gasteiger partial charge in [-0.2, -0.15) is 0 Å². The number of hydrogen-bond donors (Lipinski definition) is 1. The molecular formula is C24H36IN7O. The molecule has 0 aliphatic carbocycles. The number of aryl methyl sites for hydroxylation is 1. The van der Waals surface area contributed by atoms with Crippen LogP contribution in [0.4, 0.5) is 5.95 Å². The summed E-state index contributed by atoms with van der Waals surface area (Å²) in [6.45, 7) is 12.9. The second kappa shape index (κ2) is 13.0. The highest BCUT2D eigenvalue weighted by molar-refractivity contribution is 14.0. The molecule has 1 N–H and O–H groups in total. The fraction of sp³-hybridized carbons (Fsp3) is 0.542. The Morgan fingerprint density at radius 2 is 1.79 bits per heavy atom. The number of nitrogens with zero attached hydrogens (tertiary/aromatic N) is 6. The average Bonchev–Trinajstić information content (AvgIpc) is 2.85. The lowest BCUT2D eigenvalue weighted by Gasteiger charge is -2.37. The van der Waals surface area contributed by atoms with Crippen molar-refractivity contribution in [2.45, 2.75) is 19.9 Å². The molecule has 2 aromatic rings. The summed E-state index contributed by atoms with van der Waals surface area (Å²) < 4.78 is 5.60. The number of hydrogen-bond acceptors (Lipinski definition) is 6. The third-order valence-corrected chi connectivity index (χ3v) is 6.08. The molecule has 0 amide bonds. The molecule has 3 heterocycles. The molecule has 2 aliphatic rings. The standard InChI is InChI=1S/C24H35N7O.HI/c1-3-25-23(30-10-12-31(13-11-30)24-26-8-5-9-27-24)28-19-22(29-14-16-32-17-15-29)21-7-4-6-20(2)18-21;/h4-9,18,22H,3,10-17,19H2,1-2H3,(H,25,28);1H. The predicted octanol–water partition coefficient (Wildman–Crippen LogP) is 2.56. The number of aromatic nitrogens is 2. The Bertz CT molecular complexity index is 868. The minimum atomic E-state index is 0. The third-order valence-electron chi connectivity index (χ3n) is 6.08. The number of halogens is 1. The van der Waals surface area contributed by atoms with E-state index in [0.29, 0.717) is 0 Å². The van der Waals surface area contributed by atoms with Crippen molar-refractivity contribution in [3.8, 4) is 0 Å². The second-order valence-corrected chi connectivity index (χ2v) is 8.30. The van der Waals surface area contributed by atoms with Gasteiger partial charge in [-0.3, -0.25) is 9.89 Å². The zero-order chi connectivity index (χ0) is 22.2. The van der Waals surface area contributed by atoms with Crippen molar-refractivity contribution >= 4 is 35.9 Å². The number of guanidine groups is 1. The molecule has 180 valence electrons.